The van der Waals surface area contributed by atoms with E-state index < -0.39 is 0 Å². The maximum atomic E-state index is 12.0. The normalized spacial score (nSPS) is 9.85. The fraction of sp³-hybridized carbons (Fsp3) is 0.188. The van der Waals surface area contributed by atoms with Gasteiger partial charge >= 0.3 is 0 Å². The van der Waals surface area contributed by atoms with E-state index in [1.54, 1.807) is 12.1 Å². The third kappa shape index (κ3) is 3.42. The molecule has 0 aliphatic heterocycles. The quantitative estimate of drug-likeness (QED) is 0.928. The van der Waals surface area contributed by atoms with Crippen LogP contribution in [0.3, 0.4) is 0 Å². The molecule has 1 amide bonds. The SMILES string of the molecule is Cc1ccc(C)c(CC(=O)Nc2ccc(C#N)cn2)c1. The van der Waals surface area contributed by atoms with Crippen LogP contribution in [0.25, 0.3) is 0 Å². The number of hydrogen-bond donors (Lipinski definition) is 1. The van der Waals surface area contributed by atoms with Crippen molar-refractivity contribution in [3.05, 3.63) is 58.8 Å². The lowest BCUT2D eigenvalue weighted by atomic mass is 10.0. The lowest BCUT2D eigenvalue weighted by molar-refractivity contribution is -0.115. The maximum absolute atomic E-state index is 12.0. The zero-order valence-electron chi connectivity index (χ0n) is 11.5. The van der Waals surface area contributed by atoms with Gasteiger partial charge in [0, 0.05) is 6.20 Å². The van der Waals surface area contributed by atoms with Gasteiger partial charge in [-0.25, -0.2) is 4.98 Å². The molecule has 0 spiro atoms. The number of carbonyl (C=O) groups is 1. The minimum absolute atomic E-state index is 0.115. The Kier molecular flexibility index (Phi) is 4.11. The number of pyridine rings is 1. The van der Waals surface area contributed by atoms with Gasteiger partial charge in [-0.15, -0.1) is 0 Å². The van der Waals surface area contributed by atoms with Crippen LogP contribution < -0.4 is 5.32 Å². The van der Waals surface area contributed by atoms with E-state index in [2.05, 4.69) is 10.3 Å². The molecule has 1 aromatic carbocycles. The molecule has 0 aliphatic carbocycles. The summed E-state index contributed by atoms with van der Waals surface area (Å²) >= 11 is 0. The van der Waals surface area contributed by atoms with Crippen molar-refractivity contribution in [2.45, 2.75) is 20.3 Å². The molecule has 4 nitrogen and oxygen atoms in total. The molecule has 1 aromatic heterocycles. The van der Waals surface area contributed by atoms with E-state index in [4.69, 9.17) is 5.26 Å². The van der Waals surface area contributed by atoms with Gasteiger partial charge in [0.1, 0.15) is 11.9 Å². The number of carbonyl (C=O) groups excluding carboxylic acids is 1. The molecule has 20 heavy (non-hydrogen) atoms. The van der Waals surface area contributed by atoms with Crippen LogP contribution in [0.1, 0.15) is 22.3 Å². The third-order valence-corrected chi connectivity index (χ3v) is 3.02. The van der Waals surface area contributed by atoms with Crippen LogP contribution in [0.5, 0.6) is 0 Å². The van der Waals surface area contributed by atoms with Crippen molar-refractivity contribution in [3.8, 4) is 6.07 Å². The Morgan fingerprint density at radius 3 is 2.75 bits per heavy atom. The molecule has 0 saturated heterocycles. The van der Waals surface area contributed by atoms with Gasteiger partial charge in [0.15, 0.2) is 0 Å². The second kappa shape index (κ2) is 5.98. The zero-order valence-corrected chi connectivity index (χ0v) is 11.5. The average Bonchev–Trinajstić information content (AvgIpc) is 2.43. The molecule has 4 heteroatoms. The van der Waals surface area contributed by atoms with Crippen molar-refractivity contribution in [2.24, 2.45) is 0 Å². The monoisotopic (exact) mass is 265 g/mol. The average molecular weight is 265 g/mol. The summed E-state index contributed by atoms with van der Waals surface area (Å²) in [7, 11) is 0. The fourth-order valence-electron chi connectivity index (χ4n) is 1.88. The standard InChI is InChI=1S/C16H15N3O/c1-11-3-4-12(2)14(7-11)8-16(20)19-15-6-5-13(9-17)10-18-15/h3-7,10H,8H2,1-2H3,(H,18,19,20). The summed E-state index contributed by atoms with van der Waals surface area (Å²) in [6.07, 6.45) is 1.75. The molecular weight excluding hydrogens is 250 g/mol. The summed E-state index contributed by atoms with van der Waals surface area (Å²) in [5, 5.41) is 11.4. The summed E-state index contributed by atoms with van der Waals surface area (Å²) < 4.78 is 0. The van der Waals surface area contributed by atoms with E-state index in [0.717, 1.165) is 16.7 Å². The number of nitriles is 1. The molecule has 0 unspecified atom stereocenters. The highest BCUT2D eigenvalue weighted by atomic mass is 16.1. The highest BCUT2D eigenvalue weighted by Crippen LogP contribution is 2.12. The predicted molar refractivity (Wildman–Crippen MR) is 77.2 cm³/mol. The van der Waals surface area contributed by atoms with E-state index in [1.807, 2.05) is 38.1 Å². The van der Waals surface area contributed by atoms with E-state index in [9.17, 15) is 4.79 Å². The molecule has 0 saturated carbocycles. The van der Waals surface area contributed by atoms with Crippen molar-refractivity contribution in [2.75, 3.05) is 5.32 Å². The topological polar surface area (TPSA) is 65.8 Å². The van der Waals surface area contributed by atoms with Crippen LogP contribution in [0.4, 0.5) is 5.82 Å². The number of hydrogen-bond acceptors (Lipinski definition) is 3. The maximum Gasteiger partial charge on any atom is 0.229 e. The number of nitrogens with zero attached hydrogens (tertiary/aromatic N) is 2. The third-order valence-electron chi connectivity index (χ3n) is 3.02. The molecule has 0 bridgehead atoms. The van der Waals surface area contributed by atoms with Crippen molar-refractivity contribution in [1.82, 2.24) is 4.98 Å². The fourth-order valence-corrected chi connectivity index (χ4v) is 1.88. The van der Waals surface area contributed by atoms with Gasteiger partial charge in [0.05, 0.1) is 12.0 Å². The molecule has 0 atom stereocenters. The highest BCUT2D eigenvalue weighted by molar-refractivity contribution is 5.91. The smallest absolute Gasteiger partial charge is 0.229 e. The number of aryl methyl sites for hydroxylation is 2. The minimum Gasteiger partial charge on any atom is -0.310 e. The molecule has 2 rings (SSSR count). The Labute approximate surface area is 118 Å². The van der Waals surface area contributed by atoms with E-state index in [1.165, 1.54) is 6.20 Å². The Morgan fingerprint density at radius 2 is 2.10 bits per heavy atom. The summed E-state index contributed by atoms with van der Waals surface area (Å²) in [4.78, 5) is 16.0. The van der Waals surface area contributed by atoms with E-state index >= 15 is 0 Å². The van der Waals surface area contributed by atoms with Crippen molar-refractivity contribution in [3.63, 3.8) is 0 Å². The Balaban J connectivity index is 2.05. The number of benzene rings is 1. The molecule has 0 radical (unpaired) electrons. The molecule has 2 aromatic rings. The van der Waals surface area contributed by atoms with Gasteiger partial charge in [-0.3, -0.25) is 4.79 Å². The summed E-state index contributed by atoms with van der Waals surface area (Å²) in [6.45, 7) is 3.99. The highest BCUT2D eigenvalue weighted by Gasteiger charge is 2.07. The molecule has 1 heterocycles. The zero-order chi connectivity index (χ0) is 14.5. The first kappa shape index (κ1) is 13.8. The van der Waals surface area contributed by atoms with E-state index in [0.29, 0.717) is 17.8 Å². The number of aromatic nitrogens is 1. The number of anilines is 1. The number of amides is 1. The second-order valence-corrected chi connectivity index (χ2v) is 4.70. The first-order valence-corrected chi connectivity index (χ1v) is 6.30. The lowest BCUT2D eigenvalue weighted by Crippen LogP contribution is -2.16. The first-order chi connectivity index (χ1) is 9.58. The van der Waals surface area contributed by atoms with Gasteiger partial charge in [0.25, 0.3) is 0 Å². The molecule has 1 N–H and O–H groups in total. The van der Waals surface area contributed by atoms with Crippen LogP contribution >= 0.6 is 0 Å². The Bertz CT molecular complexity index is 669. The van der Waals surface area contributed by atoms with Crippen LogP contribution in [0, 0.1) is 25.2 Å². The summed E-state index contributed by atoms with van der Waals surface area (Å²) in [5.41, 5.74) is 3.71. The van der Waals surface area contributed by atoms with Crippen molar-refractivity contribution in [1.29, 1.82) is 5.26 Å². The van der Waals surface area contributed by atoms with Gasteiger partial charge in [0.2, 0.25) is 5.91 Å². The number of nitrogens with one attached hydrogen (secondary N) is 1. The summed E-state index contributed by atoms with van der Waals surface area (Å²) in [6, 6.07) is 11.3. The van der Waals surface area contributed by atoms with Gasteiger partial charge in [-0.05, 0) is 37.1 Å². The Morgan fingerprint density at radius 1 is 1.30 bits per heavy atom. The predicted octanol–water partition coefficient (Wildman–Crippen LogP) is 2.75. The lowest BCUT2D eigenvalue weighted by Gasteiger charge is -2.08. The Hall–Kier alpha value is -2.67. The van der Waals surface area contributed by atoms with Gasteiger partial charge < -0.3 is 5.32 Å². The van der Waals surface area contributed by atoms with Crippen LogP contribution in [0.2, 0.25) is 0 Å². The van der Waals surface area contributed by atoms with Crippen LogP contribution in [0.15, 0.2) is 36.5 Å². The largest absolute Gasteiger partial charge is 0.310 e. The second-order valence-electron chi connectivity index (χ2n) is 4.70. The molecule has 0 fully saturated rings. The number of rotatable bonds is 3. The summed E-state index contributed by atoms with van der Waals surface area (Å²) in [5.74, 6) is 0.343. The van der Waals surface area contributed by atoms with Crippen molar-refractivity contribution < 1.29 is 4.79 Å². The van der Waals surface area contributed by atoms with Gasteiger partial charge in [-0.1, -0.05) is 23.8 Å². The van der Waals surface area contributed by atoms with Crippen LogP contribution in [-0.4, -0.2) is 10.9 Å². The van der Waals surface area contributed by atoms with Crippen LogP contribution in [-0.2, 0) is 11.2 Å². The van der Waals surface area contributed by atoms with Crippen molar-refractivity contribution >= 4 is 11.7 Å². The van der Waals surface area contributed by atoms with E-state index in [-0.39, 0.29) is 5.91 Å². The minimum atomic E-state index is -0.115. The molecule has 0 aliphatic rings. The molecular formula is C16H15N3O. The first-order valence-electron chi connectivity index (χ1n) is 6.30. The molecule has 100 valence electrons. The van der Waals surface area contributed by atoms with Gasteiger partial charge in [-0.2, -0.15) is 5.26 Å².